The Hall–Kier alpha value is -0.0800. The summed E-state index contributed by atoms with van der Waals surface area (Å²) in [5.74, 6) is 0.992. The van der Waals surface area contributed by atoms with Gasteiger partial charge in [-0.2, -0.15) is 0 Å². The molecule has 1 aliphatic carbocycles. The molecule has 1 heterocycles. The van der Waals surface area contributed by atoms with Gasteiger partial charge in [-0.25, -0.2) is 0 Å². The molecule has 0 amide bonds. The normalized spacial score (nSPS) is 31.7. The van der Waals surface area contributed by atoms with Gasteiger partial charge in [-0.15, -0.1) is 0 Å². The van der Waals surface area contributed by atoms with E-state index in [0.717, 1.165) is 31.3 Å². The molecule has 2 fully saturated rings. The van der Waals surface area contributed by atoms with Crippen LogP contribution in [-0.4, -0.2) is 29.6 Å². The van der Waals surface area contributed by atoms with E-state index in [0.29, 0.717) is 0 Å². The van der Waals surface area contributed by atoms with E-state index >= 15 is 0 Å². The largest absolute Gasteiger partial charge is 0.324 e. The molecule has 1 aliphatic heterocycles. The Kier molecular flexibility index (Phi) is 3.91. The minimum atomic E-state index is 0.0618. The van der Waals surface area contributed by atoms with E-state index in [9.17, 15) is 0 Å². The van der Waals surface area contributed by atoms with Crippen molar-refractivity contribution in [3.05, 3.63) is 0 Å². The van der Waals surface area contributed by atoms with E-state index in [-0.39, 0.29) is 5.54 Å². The summed E-state index contributed by atoms with van der Waals surface area (Å²) < 4.78 is 0. The molecule has 2 heteroatoms. The second-order valence-corrected chi connectivity index (χ2v) is 5.94. The maximum atomic E-state index is 6.46. The van der Waals surface area contributed by atoms with Crippen LogP contribution in [0.1, 0.15) is 58.8 Å². The van der Waals surface area contributed by atoms with Crippen molar-refractivity contribution in [3.63, 3.8) is 0 Å². The fourth-order valence-electron chi connectivity index (χ4n) is 3.58. The number of likely N-dealkylation sites (tertiary alicyclic amines) is 1. The van der Waals surface area contributed by atoms with Gasteiger partial charge in [0.05, 0.1) is 0 Å². The molecule has 2 atom stereocenters. The third-order valence-electron chi connectivity index (χ3n) is 5.05. The molecule has 2 rings (SSSR count). The van der Waals surface area contributed by atoms with E-state index in [1.54, 1.807) is 0 Å². The van der Waals surface area contributed by atoms with Crippen LogP contribution in [0.15, 0.2) is 0 Å². The van der Waals surface area contributed by atoms with Gasteiger partial charge in [0, 0.05) is 18.1 Å². The lowest BCUT2D eigenvalue weighted by molar-refractivity contribution is 0.143. The highest BCUT2D eigenvalue weighted by Crippen LogP contribution is 2.36. The molecule has 0 radical (unpaired) electrons. The first-order valence-corrected chi connectivity index (χ1v) is 7.21. The van der Waals surface area contributed by atoms with Crippen molar-refractivity contribution >= 4 is 0 Å². The van der Waals surface area contributed by atoms with Crippen LogP contribution in [0.2, 0.25) is 0 Å². The van der Waals surface area contributed by atoms with Crippen LogP contribution in [0.25, 0.3) is 0 Å². The maximum absolute atomic E-state index is 6.46. The van der Waals surface area contributed by atoms with Gasteiger partial charge in [0.25, 0.3) is 0 Å². The van der Waals surface area contributed by atoms with E-state index in [1.165, 1.54) is 38.6 Å². The molecule has 0 aromatic rings. The number of nitrogens with zero attached hydrogens (tertiary/aromatic N) is 1. The van der Waals surface area contributed by atoms with Gasteiger partial charge in [-0.1, -0.05) is 26.7 Å². The van der Waals surface area contributed by atoms with Gasteiger partial charge in [0.1, 0.15) is 0 Å². The second kappa shape index (κ2) is 5.05. The Morgan fingerprint density at radius 1 is 1.12 bits per heavy atom. The van der Waals surface area contributed by atoms with Gasteiger partial charge < -0.3 is 5.73 Å². The summed E-state index contributed by atoms with van der Waals surface area (Å²) in [6.45, 7) is 6.89. The Bertz CT molecular complexity index is 223. The summed E-state index contributed by atoms with van der Waals surface area (Å²) in [5.41, 5.74) is 6.52. The number of rotatable bonds is 4. The number of hydrogen-bond donors (Lipinski definition) is 1. The predicted octanol–water partition coefficient (Wildman–Crippen LogP) is 2.77. The molecule has 2 aliphatic rings. The fraction of sp³-hybridized carbons (Fsp3) is 1.00. The summed E-state index contributed by atoms with van der Waals surface area (Å²) in [6, 6.07) is 0.870. The number of hydrogen-bond acceptors (Lipinski definition) is 2. The Balaban J connectivity index is 1.95. The summed E-state index contributed by atoms with van der Waals surface area (Å²) in [5, 5.41) is 0. The van der Waals surface area contributed by atoms with Crippen LogP contribution < -0.4 is 5.73 Å². The zero-order chi connectivity index (χ0) is 11.6. The third kappa shape index (κ3) is 2.43. The van der Waals surface area contributed by atoms with E-state index in [2.05, 4.69) is 18.7 Å². The molecule has 0 aromatic heterocycles. The molecule has 2 unspecified atom stereocenters. The monoisotopic (exact) mass is 224 g/mol. The quantitative estimate of drug-likeness (QED) is 0.795. The fourth-order valence-corrected chi connectivity index (χ4v) is 3.58. The lowest BCUT2D eigenvalue weighted by atomic mass is 9.84. The van der Waals surface area contributed by atoms with Crippen molar-refractivity contribution in [2.45, 2.75) is 70.4 Å². The zero-order valence-corrected chi connectivity index (χ0v) is 11.0. The van der Waals surface area contributed by atoms with Gasteiger partial charge in [0.2, 0.25) is 0 Å². The molecule has 1 saturated carbocycles. The molecule has 2 nitrogen and oxygen atoms in total. The standard InChI is InChI=1S/C14H28N2/c1-3-14(15,4-2)11-16-10-9-12-7-5-6-8-13(12)16/h12-13H,3-11,15H2,1-2H3. The minimum Gasteiger partial charge on any atom is -0.324 e. The first kappa shape index (κ1) is 12.4. The summed E-state index contributed by atoms with van der Waals surface area (Å²) in [4.78, 5) is 2.71. The van der Waals surface area contributed by atoms with Crippen LogP contribution in [0, 0.1) is 5.92 Å². The van der Waals surface area contributed by atoms with Gasteiger partial charge >= 0.3 is 0 Å². The second-order valence-electron chi connectivity index (χ2n) is 5.94. The molecule has 2 N–H and O–H groups in total. The van der Waals surface area contributed by atoms with Crippen molar-refractivity contribution < 1.29 is 0 Å². The maximum Gasteiger partial charge on any atom is 0.0278 e. The molecule has 16 heavy (non-hydrogen) atoms. The number of fused-ring (bicyclic) bond motifs is 1. The summed E-state index contributed by atoms with van der Waals surface area (Å²) in [7, 11) is 0. The van der Waals surface area contributed by atoms with Crippen molar-refractivity contribution in [1.29, 1.82) is 0 Å². The lowest BCUT2D eigenvalue weighted by Gasteiger charge is -2.37. The lowest BCUT2D eigenvalue weighted by Crippen LogP contribution is -2.51. The first-order chi connectivity index (χ1) is 7.68. The topological polar surface area (TPSA) is 29.3 Å². The highest BCUT2D eigenvalue weighted by Gasteiger charge is 2.38. The van der Waals surface area contributed by atoms with Crippen LogP contribution in [0.3, 0.4) is 0 Å². The van der Waals surface area contributed by atoms with Crippen molar-refractivity contribution in [3.8, 4) is 0 Å². The highest BCUT2D eigenvalue weighted by molar-refractivity contribution is 4.94. The summed E-state index contributed by atoms with van der Waals surface area (Å²) in [6.07, 6.45) is 9.44. The Labute approximate surface area is 101 Å². The minimum absolute atomic E-state index is 0.0618. The molecule has 0 spiro atoms. The number of nitrogens with two attached hydrogens (primary N) is 1. The van der Waals surface area contributed by atoms with Gasteiger partial charge in [-0.05, 0) is 44.6 Å². The van der Waals surface area contributed by atoms with Crippen molar-refractivity contribution in [2.24, 2.45) is 11.7 Å². The molecule has 94 valence electrons. The highest BCUT2D eigenvalue weighted by atomic mass is 15.2. The van der Waals surface area contributed by atoms with Crippen molar-refractivity contribution in [2.75, 3.05) is 13.1 Å². The summed E-state index contributed by atoms with van der Waals surface area (Å²) >= 11 is 0. The molecule has 0 bridgehead atoms. The smallest absolute Gasteiger partial charge is 0.0278 e. The van der Waals surface area contributed by atoms with Crippen LogP contribution >= 0.6 is 0 Å². The van der Waals surface area contributed by atoms with Crippen LogP contribution in [0.5, 0.6) is 0 Å². The Morgan fingerprint density at radius 2 is 1.81 bits per heavy atom. The van der Waals surface area contributed by atoms with E-state index in [1.807, 2.05) is 0 Å². The molecule has 0 aromatic carbocycles. The van der Waals surface area contributed by atoms with Crippen molar-refractivity contribution in [1.82, 2.24) is 4.90 Å². The third-order valence-corrected chi connectivity index (χ3v) is 5.05. The first-order valence-electron chi connectivity index (χ1n) is 7.21. The SMILES string of the molecule is CCC(N)(CC)CN1CCC2CCCCC21. The van der Waals surface area contributed by atoms with Gasteiger partial charge in [0.15, 0.2) is 0 Å². The Morgan fingerprint density at radius 3 is 2.50 bits per heavy atom. The van der Waals surface area contributed by atoms with Crippen LogP contribution in [0.4, 0.5) is 0 Å². The van der Waals surface area contributed by atoms with Gasteiger partial charge in [-0.3, -0.25) is 4.90 Å². The van der Waals surface area contributed by atoms with Crippen LogP contribution in [-0.2, 0) is 0 Å². The predicted molar refractivity (Wildman–Crippen MR) is 69.4 cm³/mol. The average Bonchev–Trinajstić information content (AvgIpc) is 2.73. The van der Waals surface area contributed by atoms with E-state index in [4.69, 9.17) is 5.73 Å². The average molecular weight is 224 g/mol. The zero-order valence-electron chi connectivity index (χ0n) is 11.0. The van der Waals surface area contributed by atoms with E-state index < -0.39 is 0 Å². The molecular formula is C14H28N2. The molecule has 1 saturated heterocycles. The molecular weight excluding hydrogens is 196 g/mol.